The molecule has 0 saturated carbocycles. The van der Waals surface area contributed by atoms with Gasteiger partial charge in [0.1, 0.15) is 4.90 Å². The van der Waals surface area contributed by atoms with E-state index in [1.54, 1.807) is 52.0 Å². The van der Waals surface area contributed by atoms with Crippen LogP contribution in [0.1, 0.15) is 41.5 Å². The van der Waals surface area contributed by atoms with Crippen molar-refractivity contribution >= 4 is 38.4 Å². The summed E-state index contributed by atoms with van der Waals surface area (Å²) in [6.07, 6.45) is 0. The Bertz CT molecular complexity index is 1000. The molecule has 0 aliphatic carbocycles. The van der Waals surface area contributed by atoms with Crippen molar-refractivity contribution < 1.29 is 22.7 Å². The molecule has 0 bridgehead atoms. The predicted octanol–water partition coefficient (Wildman–Crippen LogP) is 3.53. The van der Waals surface area contributed by atoms with E-state index in [1.165, 1.54) is 24.2 Å². The minimum atomic E-state index is -3.93. The number of fused-ring (bicyclic) bond motifs is 1. The smallest absolute Gasteiger partial charge is 0.308 e. The highest BCUT2D eigenvalue weighted by molar-refractivity contribution is 7.89. The van der Waals surface area contributed by atoms with Crippen LogP contribution in [0, 0.1) is 0 Å². The lowest BCUT2D eigenvalue weighted by Crippen LogP contribution is -2.42. The molecule has 2 aromatic carbocycles. The van der Waals surface area contributed by atoms with Gasteiger partial charge in [-0.3, -0.25) is 9.59 Å². The molecule has 2 aromatic rings. The molecule has 0 radical (unpaired) electrons. The molecule has 2 rings (SSSR count). The van der Waals surface area contributed by atoms with Crippen LogP contribution >= 0.6 is 0 Å². The monoisotopic (exact) mass is 406 g/mol. The summed E-state index contributed by atoms with van der Waals surface area (Å²) >= 11 is 0. The van der Waals surface area contributed by atoms with Crippen molar-refractivity contribution in [3.8, 4) is 5.75 Å². The number of ether oxygens (including phenoxy) is 1. The number of nitrogens with one attached hydrogen (secondary N) is 1. The number of rotatable bonds is 6. The molecule has 28 heavy (non-hydrogen) atoms. The van der Waals surface area contributed by atoms with Crippen LogP contribution in [0.2, 0.25) is 0 Å². The summed E-state index contributed by atoms with van der Waals surface area (Å²) < 4.78 is 33.5. The Labute approximate surface area is 165 Å². The molecule has 0 spiro atoms. The minimum absolute atomic E-state index is 0.0384. The number of hydrogen-bond acceptors (Lipinski definition) is 5. The van der Waals surface area contributed by atoms with E-state index < -0.39 is 16.0 Å². The van der Waals surface area contributed by atoms with Crippen molar-refractivity contribution in [2.75, 3.05) is 5.32 Å². The zero-order valence-corrected chi connectivity index (χ0v) is 17.8. The van der Waals surface area contributed by atoms with Gasteiger partial charge in [0, 0.05) is 42.4 Å². The second kappa shape index (κ2) is 8.28. The largest absolute Gasteiger partial charge is 0.425 e. The Balaban J connectivity index is 2.83. The molecule has 0 atom stereocenters. The molecule has 0 fully saturated rings. The lowest BCUT2D eigenvalue weighted by molar-refractivity contribution is -0.132. The number of hydrogen-bond donors (Lipinski definition) is 1. The second-order valence-electron chi connectivity index (χ2n) is 7.09. The molecule has 0 unspecified atom stereocenters. The van der Waals surface area contributed by atoms with Gasteiger partial charge in [-0.25, -0.2) is 8.42 Å². The highest BCUT2D eigenvalue weighted by Crippen LogP contribution is 2.38. The van der Waals surface area contributed by atoms with Crippen LogP contribution < -0.4 is 10.1 Å². The summed E-state index contributed by atoms with van der Waals surface area (Å²) in [4.78, 5) is 23.1. The zero-order chi connectivity index (χ0) is 21.2. The number of carbonyl (C=O) groups excluding carboxylic acids is 2. The molecule has 8 heteroatoms. The van der Waals surface area contributed by atoms with Gasteiger partial charge in [-0.2, -0.15) is 4.31 Å². The Hall–Kier alpha value is -2.45. The van der Waals surface area contributed by atoms with Crippen LogP contribution in [0.25, 0.3) is 10.8 Å². The first-order valence-corrected chi connectivity index (χ1v) is 10.5. The van der Waals surface area contributed by atoms with Crippen molar-refractivity contribution in [1.29, 1.82) is 0 Å². The molecule has 0 aliphatic rings. The fourth-order valence-electron chi connectivity index (χ4n) is 3.33. The highest BCUT2D eigenvalue weighted by Gasteiger charge is 2.33. The van der Waals surface area contributed by atoms with Gasteiger partial charge >= 0.3 is 5.97 Å². The van der Waals surface area contributed by atoms with Crippen molar-refractivity contribution in [3.63, 3.8) is 0 Å². The fraction of sp³-hybridized carbons (Fsp3) is 0.400. The Morgan fingerprint density at radius 1 is 0.964 bits per heavy atom. The normalized spacial score (nSPS) is 12.0. The van der Waals surface area contributed by atoms with E-state index >= 15 is 0 Å². The van der Waals surface area contributed by atoms with E-state index in [0.29, 0.717) is 16.5 Å². The molecule has 152 valence electrons. The fourth-order valence-corrected chi connectivity index (χ4v) is 5.29. The number of carbonyl (C=O) groups is 2. The summed E-state index contributed by atoms with van der Waals surface area (Å²) in [6, 6.07) is 7.49. The molecule has 1 N–H and O–H groups in total. The number of benzene rings is 2. The topological polar surface area (TPSA) is 92.8 Å². The van der Waals surface area contributed by atoms with E-state index in [-0.39, 0.29) is 28.6 Å². The maximum Gasteiger partial charge on any atom is 0.308 e. The Morgan fingerprint density at radius 3 is 2.07 bits per heavy atom. The zero-order valence-electron chi connectivity index (χ0n) is 16.9. The average molecular weight is 407 g/mol. The molecule has 0 saturated heterocycles. The van der Waals surface area contributed by atoms with Gasteiger partial charge in [-0.1, -0.05) is 18.2 Å². The van der Waals surface area contributed by atoms with E-state index in [0.717, 1.165) is 0 Å². The van der Waals surface area contributed by atoms with Crippen LogP contribution in [0.5, 0.6) is 5.75 Å². The SMILES string of the molecule is CC(=O)Nc1cccc2c(OC(C)=O)c(S(=O)(=O)N(C(C)C)C(C)C)ccc12. The highest BCUT2D eigenvalue weighted by atomic mass is 32.2. The van der Waals surface area contributed by atoms with Crippen molar-refractivity contribution in [3.05, 3.63) is 30.3 Å². The first-order chi connectivity index (χ1) is 13.0. The quantitative estimate of drug-likeness (QED) is 0.585. The lowest BCUT2D eigenvalue weighted by Gasteiger charge is -2.30. The van der Waals surface area contributed by atoms with Crippen LogP contribution in [0.3, 0.4) is 0 Å². The summed E-state index contributed by atoms with van der Waals surface area (Å²) in [5.41, 5.74) is 0.506. The van der Waals surface area contributed by atoms with Gasteiger partial charge in [0.2, 0.25) is 15.9 Å². The van der Waals surface area contributed by atoms with Crippen LogP contribution in [-0.2, 0) is 19.6 Å². The number of esters is 1. The van der Waals surface area contributed by atoms with Crippen LogP contribution in [0.4, 0.5) is 5.69 Å². The Morgan fingerprint density at radius 2 is 1.57 bits per heavy atom. The lowest BCUT2D eigenvalue weighted by atomic mass is 10.1. The van der Waals surface area contributed by atoms with Crippen molar-refractivity contribution in [1.82, 2.24) is 4.31 Å². The van der Waals surface area contributed by atoms with E-state index in [9.17, 15) is 18.0 Å². The van der Waals surface area contributed by atoms with Crippen molar-refractivity contribution in [2.24, 2.45) is 0 Å². The predicted molar refractivity (Wildman–Crippen MR) is 109 cm³/mol. The number of sulfonamides is 1. The molecule has 7 nitrogen and oxygen atoms in total. The van der Waals surface area contributed by atoms with E-state index in [2.05, 4.69) is 5.32 Å². The second-order valence-corrected chi connectivity index (χ2v) is 8.90. The van der Waals surface area contributed by atoms with Gasteiger partial charge in [-0.05, 0) is 39.8 Å². The van der Waals surface area contributed by atoms with E-state index in [1.807, 2.05) is 0 Å². The van der Waals surface area contributed by atoms with Gasteiger partial charge in [0.25, 0.3) is 0 Å². The van der Waals surface area contributed by atoms with Gasteiger partial charge < -0.3 is 10.1 Å². The molecule has 0 aromatic heterocycles. The molecular formula is C20H26N2O5S. The third-order valence-corrected chi connectivity index (χ3v) is 6.38. The third-order valence-electron chi connectivity index (χ3n) is 4.11. The maximum atomic E-state index is 13.4. The van der Waals surface area contributed by atoms with Crippen LogP contribution in [-0.4, -0.2) is 36.7 Å². The van der Waals surface area contributed by atoms with Gasteiger partial charge in [-0.15, -0.1) is 0 Å². The molecule has 0 heterocycles. The molecular weight excluding hydrogens is 380 g/mol. The van der Waals surface area contributed by atoms with Gasteiger partial charge in [0.15, 0.2) is 5.75 Å². The number of anilines is 1. The summed E-state index contributed by atoms with van der Waals surface area (Å²) in [5.74, 6) is -0.929. The maximum absolute atomic E-state index is 13.4. The molecule has 1 amide bonds. The number of nitrogens with zero attached hydrogens (tertiary/aromatic N) is 1. The van der Waals surface area contributed by atoms with Crippen LogP contribution in [0.15, 0.2) is 35.2 Å². The van der Waals surface area contributed by atoms with E-state index in [4.69, 9.17) is 4.74 Å². The summed E-state index contributed by atoms with van der Waals surface area (Å²) in [7, 11) is -3.93. The first-order valence-electron chi connectivity index (χ1n) is 9.02. The standard InChI is InChI=1S/C20H26N2O5S/c1-12(2)22(13(3)4)28(25,26)19-11-10-16-17(20(19)27-15(6)24)8-7-9-18(16)21-14(5)23/h7-13H,1-6H3,(H,21,23). The summed E-state index contributed by atoms with van der Waals surface area (Å²) in [6.45, 7) is 9.76. The Kier molecular flexibility index (Phi) is 6.46. The first kappa shape index (κ1) is 21.8. The average Bonchev–Trinajstić information content (AvgIpc) is 2.53. The third kappa shape index (κ3) is 4.34. The van der Waals surface area contributed by atoms with Crippen molar-refractivity contribution in [2.45, 2.75) is 58.5 Å². The molecule has 0 aliphatic heterocycles. The summed E-state index contributed by atoms with van der Waals surface area (Å²) in [5, 5.41) is 3.71. The number of amides is 1. The van der Waals surface area contributed by atoms with Gasteiger partial charge in [0.05, 0.1) is 0 Å². The minimum Gasteiger partial charge on any atom is -0.425 e.